The highest BCUT2D eigenvalue weighted by molar-refractivity contribution is 6.24. The molecular formula is C15H17NO4. The summed E-state index contributed by atoms with van der Waals surface area (Å²) in [6.07, 6.45) is 5.20. The minimum atomic E-state index is -0.728. The van der Waals surface area contributed by atoms with Crippen molar-refractivity contribution in [2.45, 2.75) is 38.1 Å². The number of fused-ring (bicyclic) bond motifs is 2. The van der Waals surface area contributed by atoms with Crippen molar-refractivity contribution in [1.29, 1.82) is 0 Å². The van der Waals surface area contributed by atoms with Gasteiger partial charge in [-0.2, -0.15) is 0 Å². The Hall–Kier alpha value is -2.04. The van der Waals surface area contributed by atoms with E-state index in [0.29, 0.717) is 5.69 Å². The van der Waals surface area contributed by atoms with E-state index in [1.165, 1.54) is 0 Å². The van der Waals surface area contributed by atoms with Crippen LogP contribution in [0.15, 0.2) is 29.7 Å². The van der Waals surface area contributed by atoms with Crippen LogP contribution in [0.3, 0.4) is 0 Å². The number of aliphatic hydroxyl groups is 1. The number of hydrogen-bond donors (Lipinski definition) is 1. The Balaban J connectivity index is 2.18. The van der Waals surface area contributed by atoms with E-state index in [0.717, 1.165) is 25.7 Å². The van der Waals surface area contributed by atoms with Gasteiger partial charge in [0.2, 0.25) is 5.78 Å². The molecule has 1 fully saturated rings. The molecule has 0 unspecified atom stereocenters. The average molecular weight is 275 g/mol. The zero-order valence-electron chi connectivity index (χ0n) is 11.4. The van der Waals surface area contributed by atoms with Crippen molar-refractivity contribution >= 4 is 11.8 Å². The Morgan fingerprint density at radius 2 is 2.15 bits per heavy atom. The number of carbonyl (C=O) groups is 2. The quantitative estimate of drug-likeness (QED) is 0.664. The minimum Gasteiger partial charge on any atom is -0.509 e. The molecule has 1 aromatic heterocycles. The van der Waals surface area contributed by atoms with Crippen molar-refractivity contribution in [2.24, 2.45) is 0 Å². The predicted molar refractivity (Wildman–Crippen MR) is 71.5 cm³/mol. The van der Waals surface area contributed by atoms with Crippen LogP contribution in [-0.2, 0) is 15.1 Å². The monoisotopic (exact) mass is 275 g/mol. The van der Waals surface area contributed by atoms with Crippen LogP contribution >= 0.6 is 0 Å². The van der Waals surface area contributed by atoms with E-state index in [2.05, 4.69) is 0 Å². The van der Waals surface area contributed by atoms with Crippen molar-refractivity contribution in [2.75, 3.05) is 6.61 Å². The maximum atomic E-state index is 12.4. The van der Waals surface area contributed by atoms with E-state index < -0.39 is 17.3 Å². The van der Waals surface area contributed by atoms with Gasteiger partial charge >= 0.3 is 5.97 Å². The van der Waals surface area contributed by atoms with Crippen molar-refractivity contribution < 1.29 is 19.4 Å². The zero-order chi connectivity index (χ0) is 14.3. The van der Waals surface area contributed by atoms with Crippen molar-refractivity contribution in [3.63, 3.8) is 0 Å². The van der Waals surface area contributed by atoms with Gasteiger partial charge in [0.05, 0.1) is 12.3 Å². The van der Waals surface area contributed by atoms with Crippen LogP contribution in [0.2, 0.25) is 0 Å². The molecule has 1 aliphatic carbocycles. The standard InChI is InChI=1S/C15H17NO4/c1-2-20-14(19)11-12(17)10-6-5-9-16(10)15(13(11)18)7-3-4-8-15/h5-6,9,18H,2-4,7-8H2,1H3. The number of hydrogen-bond acceptors (Lipinski definition) is 4. The van der Waals surface area contributed by atoms with Gasteiger partial charge in [0.25, 0.3) is 0 Å². The Morgan fingerprint density at radius 1 is 1.45 bits per heavy atom. The van der Waals surface area contributed by atoms with E-state index in [4.69, 9.17) is 4.74 Å². The van der Waals surface area contributed by atoms with Crippen LogP contribution in [-0.4, -0.2) is 28.0 Å². The molecule has 0 aromatic carbocycles. The number of carbonyl (C=O) groups excluding carboxylic acids is 2. The van der Waals surface area contributed by atoms with Gasteiger partial charge in [-0.1, -0.05) is 12.8 Å². The summed E-state index contributed by atoms with van der Waals surface area (Å²) in [6.45, 7) is 1.85. The first kappa shape index (κ1) is 13.0. The van der Waals surface area contributed by atoms with Crippen molar-refractivity contribution in [1.82, 2.24) is 4.57 Å². The first-order valence-corrected chi connectivity index (χ1v) is 6.95. The molecule has 0 bridgehead atoms. The van der Waals surface area contributed by atoms with Crippen LogP contribution in [0.1, 0.15) is 43.1 Å². The second-order valence-electron chi connectivity index (χ2n) is 5.28. The number of Topliss-reactive ketones (excluding diaryl/α,β-unsaturated/α-hetero) is 1. The second-order valence-corrected chi connectivity index (χ2v) is 5.28. The second kappa shape index (κ2) is 4.51. The summed E-state index contributed by atoms with van der Waals surface area (Å²) in [5.74, 6) is -1.31. The first-order chi connectivity index (χ1) is 9.62. The molecule has 106 valence electrons. The van der Waals surface area contributed by atoms with Gasteiger partial charge in [-0.05, 0) is 31.9 Å². The number of nitrogens with zero attached hydrogens (tertiary/aromatic N) is 1. The molecule has 0 saturated heterocycles. The van der Waals surface area contributed by atoms with E-state index in [1.807, 2.05) is 4.57 Å². The van der Waals surface area contributed by atoms with Gasteiger partial charge in [-0.25, -0.2) is 4.79 Å². The molecule has 5 heteroatoms. The van der Waals surface area contributed by atoms with Crippen LogP contribution < -0.4 is 0 Å². The van der Waals surface area contributed by atoms with E-state index in [-0.39, 0.29) is 17.9 Å². The SMILES string of the molecule is CCOC(=O)C1=C(O)C2(CCCC2)n2cccc2C1=O. The molecule has 0 radical (unpaired) electrons. The fourth-order valence-electron chi connectivity index (χ4n) is 3.35. The Bertz CT molecular complexity index is 605. The predicted octanol–water partition coefficient (Wildman–Crippen LogP) is 2.33. The molecule has 1 aliphatic heterocycles. The van der Waals surface area contributed by atoms with Gasteiger partial charge in [-0.15, -0.1) is 0 Å². The van der Waals surface area contributed by atoms with Crippen LogP contribution in [0.25, 0.3) is 0 Å². The van der Waals surface area contributed by atoms with E-state index in [9.17, 15) is 14.7 Å². The summed E-state index contributed by atoms with van der Waals surface area (Å²) in [7, 11) is 0. The summed E-state index contributed by atoms with van der Waals surface area (Å²) in [5, 5.41) is 10.6. The fraction of sp³-hybridized carbons (Fsp3) is 0.467. The summed E-state index contributed by atoms with van der Waals surface area (Å²) in [6, 6.07) is 3.46. The van der Waals surface area contributed by atoms with Gasteiger partial charge < -0.3 is 14.4 Å². The molecule has 2 heterocycles. The number of ether oxygens (including phenoxy) is 1. The van der Waals surface area contributed by atoms with E-state index in [1.54, 1.807) is 25.3 Å². The molecule has 1 N–H and O–H groups in total. The normalized spacial score (nSPS) is 20.4. The maximum Gasteiger partial charge on any atom is 0.345 e. The third-order valence-electron chi connectivity index (χ3n) is 4.26. The van der Waals surface area contributed by atoms with Crippen LogP contribution in [0.4, 0.5) is 0 Å². The third-order valence-corrected chi connectivity index (χ3v) is 4.26. The lowest BCUT2D eigenvalue weighted by Crippen LogP contribution is -2.41. The number of aromatic nitrogens is 1. The molecule has 2 aliphatic rings. The zero-order valence-corrected chi connectivity index (χ0v) is 11.4. The van der Waals surface area contributed by atoms with Crippen LogP contribution in [0.5, 0.6) is 0 Å². The Kier molecular flexibility index (Phi) is 2.92. The number of rotatable bonds is 2. The smallest absolute Gasteiger partial charge is 0.345 e. The lowest BCUT2D eigenvalue weighted by Gasteiger charge is -2.36. The third kappa shape index (κ3) is 1.55. The molecule has 1 saturated carbocycles. The number of allylic oxidation sites excluding steroid dienone is 1. The fourth-order valence-corrected chi connectivity index (χ4v) is 3.35. The largest absolute Gasteiger partial charge is 0.509 e. The molecule has 3 rings (SSSR count). The molecule has 1 aromatic rings. The van der Waals surface area contributed by atoms with Crippen molar-refractivity contribution in [3.8, 4) is 0 Å². The van der Waals surface area contributed by atoms with Crippen LogP contribution in [0, 0.1) is 0 Å². The highest BCUT2D eigenvalue weighted by atomic mass is 16.5. The van der Waals surface area contributed by atoms with Gasteiger partial charge in [-0.3, -0.25) is 4.79 Å². The minimum absolute atomic E-state index is 0.123. The lowest BCUT2D eigenvalue weighted by atomic mass is 9.85. The average Bonchev–Trinajstić information content (AvgIpc) is 3.07. The molecule has 20 heavy (non-hydrogen) atoms. The van der Waals surface area contributed by atoms with Gasteiger partial charge in [0, 0.05) is 6.20 Å². The summed E-state index contributed by atoms with van der Waals surface area (Å²) >= 11 is 0. The maximum absolute atomic E-state index is 12.4. The molecular weight excluding hydrogens is 258 g/mol. The summed E-state index contributed by atoms with van der Waals surface area (Å²) in [4.78, 5) is 24.4. The molecule has 1 spiro atoms. The number of ketones is 1. The molecule has 5 nitrogen and oxygen atoms in total. The summed E-state index contributed by atoms with van der Waals surface area (Å²) < 4.78 is 6.75. The number of esters is 1. The van der Waals surface area contributed by atoms with Gasteiger partial charge in [0.1, 0.15) is 16.9 Å². The Labute approximate surface area is 116 Å². The van der Waals surface area contributed by atoms with Crippen molar-refractivity contribution in [3.05, 3.63) is 35.4 Å². The lowest BCUT2D eigenvalue weighted by molar-refractivity contribution is -0.138. The highest BCUT2D eigenvalue weighted by Gasteiger charge is 2.49. The topological polar surface area (TPSA) is 68.5 Å². The van der Waals surface area contributed by atoms with Gasteiger partial charge in [0.15, 0.2) is 0 Å². The first-order valence-electron chi connectivity index (χ1n) is 6.95. The molecule has 0 atom stereocenters. The highest BCUT2D eigenvalue weighted by Crippen LogP contribution is 2.46. The summed E-state index contributed by atoms with van der Waals surface area (Å²) in [5.41, 5.74) is -0.387. The number of aliphatic hydroxyl groups excluding tert-OH is 1. The molecule has 0 amide bonds. The van der Waals surface area contributed by atoms with E-state index >= 15 is 0 Å². The Morgan fingerprint density at radius 3 is 2.80 bits per heavy atom.